The van der Waals surface area contributed by atoms with E-state index in [1.807, 2.05) is 18.3 Å². The molecule has 0 saturated heterocycles. The van der Waals surface area contributed by atoms with Crippen molar-refractivity contribution in [2.75, 3.05) is 0 Å². The molecule has 0 unspecified atom stereocenters. The molecule has 2 saturated carbocycles. The zero-order valence-corrected chi connectivity index (χ0v) is 20.7. The van der Waals surface area contributed by atoms with Crippen molar-refractivity contribution >= 4 is 28.3 Å². The van der Waals surface area contributed by atoms with E-state index in [0.29, 0.717) is 30.1 Å². The Hall–Kier alpha value is -3.39. The Morgan fingerprint density at radius 1 is 1.06 bits per heavy atom. The highest BCUT2D eigenvalue weighted by atomic mass is 16.4. The highest BCUT2D eigenvalue weighted by Crippen LogP contribution is 2.62. The molecule has 5 rings (SSSR count). The van der Waals surface area contributed by atoms with Crippen molar-refractivity contribution in [1.29, 1.82) is 0 Å². The Morgan fingerprint density at radius 3 is 2.34 bits per heavy atom. The number of Topliss-reactive ketones (excluding diaryl/α,β-unsaturated/α-hetero) is 1. The fourth-order valence-electron chi connectivity index (χ4n) is 6.25. The first-order valence-electron chi connectivity index (χ1n) is 12.4. The van der Waals surface area contributed by atoms with Gasteiger partial charge in [-0.3, -0.25) is 9.59 Å². The topological polar surface area (TPSA) is 63.7 Å². The van der Waals surface area contributed by atoms with Gasteiger partial charge in [0.15, 0.2) is 11.5 Å². The largest absolute Gasteiger partial charge is 0.481 e. The first kappa shape index (κ1) is 23.4. The van der Waals surface area contributed by atoms with Crippen molar-refractivity contribution in [2.45, 2.75) is 64.8 Å². The number of carbonyl (C=O) groups is 2. The van der Waals surface area contributed by atoms with Crippen LogP contribution in [0.15, 0.2) is 48.7 Å². The van der Waals surface area contributed by atoms with Crippen LogP contribution < -0.4 is 0 Å². The van der Waals surface area contributed by atoms with Crippen LogP contribution in [-0.2, 0) is 16.8 Å². The minimum atomic E-state index is -0.689. The monoisotopic (exact) mass is 468 g/mol. The van der Waals surface area contributed by atoms with E-state index >= 15 is 0 Å². The zero-order valence-electron chi connectivity index (χ0n) is 20.7. The standard InChI is InChI=1S/C30H32N2O3/c1-29(2,3)22-7-5-19(6-8-22)18-32-12-11-23-25(31-4)10-9-24(27(23)32)26(33)13-20-14-30(15-20)16-21(17-30)28(34)35/h5-12,20-21H,13-18H2,1-3H3,(H,34,35). The summed E-state index contributed by atoms with van der Waals surface area (Å²) in [5, 5.41) is 10.00. The molecular formula is C30H32N2O3. The molecule has 1 heterocycles. The van der Waals surface area contributed by atoms with Gasteiger partial charge in [-0.1, -0.05) is 57.2 Å². The van der Waals surface area contributed by atoms with Gasteiger partial charge in [-0.25, -0.2) is 4.85 Å². The van der Waals surface area contributed by atoms with Crippen molar-refractivity contribution < 1.29 is 14.7 Å². The van der Waals surface area contributed by atoms with Gasteiger partial charge >= 0.3 is 5.97 Å². The number of nitrogens with zero attached hydrogens (tertiary/aromatic N) is 2. The predicted octanol–water partition coefficient (Wildman–Crippen LogP) is 7.00. The second-order valence-electron chi connectivity index (χ2n) is 11.7. The normalized spacial score (nSPS) is 23.5. The molecule has 5 nitrogen and oxygen atoms in total. The molecule has 1 spiro atoms. The molecule has 5 heteroatoms. The lowest BCUT2D eigenvalue weighted by atomic mass is 9.47. The second-order valence-corrected chi connectivity index (χ2v) is 11.7. The smallest absolute Gasteiger partial charge is 0.306 e. The number of aliphatic carboxylic acids is 1. The van der Waals surface area contributed by atoms with Crippen LogP contribution >= 0.6 is 0 Å². The lowest BCUT2D eigenvalue weighted by molar-refractivity contribution is -0.157. The third kappa shape index (κ3) is 4.27. The average Bonchev–Trinajstić information content (AvgIpc) is 3.17. The summed E-state index contributed by atoms with van der Waals surface area (Å²) >= 11 is 0. The molecule has 0 amide bonds. The van der Waals surface area contributed by atoms with Crippen LogP contribution in [0.1, 0.15) is 74.4 Å². The van der Waals surface area contributed by atoms with E-state index in [1.165, 1.54) is 5.56 Å². The second kappa shape index (κ2) is 8.37. The highest BCUT2D eigenvalue weighted by Gasteiger charge is 2.54. The van der Waals surface area contributed by atoms with Crippen LogP contribution in [0.2, 0.25) is 0 Å². The van der Waals surface area contributed by atoms with E-state index in [0.717, 1.165) is 42.1 Å². The van der Waals surface area contributed by atoms with Crippen molar-refractivity contribution in [2.24, 2.45) is 17.3 Å². The van der Waals surface area contributed by atoms with Gasteiger partial charge in [0.25, 0.3) is 0 Å². The number of aromatic nitrogens is 1. The van der Waals surface area contributed by atoms with Crippen LogP contribution in [-0.4, -0.2) is 21.4 Å². The number of fused-ring (bicyclic) bond motifs is 1. The summed E-state index contributed by atoms with van der Waals surface area (Å²) in [5.41, 5.74) is 4.78. The third-order valence-electron chi connectivity index (χ3n) is 8.12. The minimum absolute atomic E-state index is 0.0942. The van der Waals surface area contributed by atoms with Crippen molar-refractivity contribution in [1.82, 2.24) is 4.57 Å². The lowest BCUT2D eigenvalue weighted by Crippen LogP contribution is -2.50. The third-order valence-corrected chi connectivity index (χ3v) is 8.12. The number of rotatable bonds is 6. The molecule has 2 aromatic carbocycles. The van der Waals surface area contributed by atoms with Gasteiger partial charge in [-0.05, 0) is 59.6 Å². The first-order chi connectivity index (χ1) is 16.6. The summed E-state index contributed by atoms with van der Waals surface area (Å²) in [4.78, 5) is 28.3. The molecule has 2 aliphatic rings. The Bertz CT molecular complexity index is 1340. The summed E-state index contributed by atoms with van der Waals surface area (Å²) < 4.78 is 2.09. The van der Waals surface area contributed by atoms with Gasteiger partial charge in [0.1, 0.15) is 0 Å². The molecule has 1 N–H and O–H groups in total. The van der Waals surface area contributed by atoms with E-state index in [4.69, 9.17) is 6.57 Å². The highest BCUT2D eigenvalue weighted by molar-refractivity contribution is 6.10. The van der Waals surface area contributed by atoms with Crippen molar-refractivity contribution in [3.05, 3.63) is 76.8 Å². The predicted molar refractivity (Wildman–Crippen MR) is 137 cm³/mol. The molecule has 0 atom stereocenters. The Kier molecular flexibility index (Phi) is 5.59. The van der Waals surface area contributed by atoms with Crippen LogP contribution in [0, 0.1) is 23.8 Å². The Labute approximate surface area is 206 Å². The summed E-state index contributed by atoms with van der Waals surface area (Å²) in [6.45, 7) is 14.8. The average molecular weight is 469 g/mol. The molecule has 180 valence electrons. The lowest BCUT2D eigenvalue weighted by Gasteiger charge is -2.56. The summed E-state index contributed by atoms with van der Waals surface area (Å²) in [7, 11) is 0. The van der Waals surface area contributed by atoms with Crippen LogP contribution in [0.5, 0.6) is 0 Å². The van der Waals surface area contributed by atoms with E-state index in [9.17, 15) is 14.7 Å². The van der Waals surface area contributed by atoms with Crippen molar-refractivity contribution in [3.8, 4) is 0 Å². The molecule has 0 bridgehead atoms. The number of hydrogen-bond donors (Lipinski definition) is 1. The Balaban J connectivity index is 1.36. The van der Waals surface area contributed by atoms with Gasteiger partial charge < -0.3 is 9.67 Å². The number of carboxylic acid groups (broad SMARTS) is 1. The number of carbonyl (C=O) groups excluding carboxylic acids is 1. The van der Waals surface area contributed by atoms with Gasteiger partial charge in [0, 0.05) is 35.6 Å². The van der Waals surface area contributed by atoms with Gasteiger partial charge in [0.2, 0.25) is 0 Å². The molecule has 2 aliphatic carbocycles. The maximum atomic E-state index is 13.4. The number of hydrogen-bond acceptors (Lipinski definition) is 2. The quantitative estimate of drug-likeness (QED) is 0.313. The fraction of sp³-hybridized carbons (Fsp3) is 0.433. The van der Waals surface area contributed by atoms with E-state index in [-0.39, 0.29) is 22.5 Å². The van der Waals surface area contributed by atoms with E-state index in [2.05, 4.69) is 54.4 Å². The van der Waals surface area contributed by atoms with Crippen molar-refractivity contribution in [3.63, 3.8) is 0 Å². The Morgan fingerprint density at radius 2 is 1.74 bits per heavy atom. The molecule has 1 aromatic heterocycles. The van der Waals surface area contributed by atoms with Crippen LogP contribution in [0.25, 0.3) is 15.7 Å². The maximum absolute atomic E-state index is 13.4. The number of ketones is 1. The van der Waals surface area contributed by atoms with Crippen LogP contribution in [0.3, 0.4) is 0 Å². The van der Waals surface area contributed by atoms with E-state index in [1.54, 1.807) is 6.07 Å². The zero-order chi connectivity index (χ0) is 25.0. The molecule has 35 heavy (non-hydrogen) atoms. The number of benzene rings is 2. The van der Waals surface area contributed by atoms with Gasteiger partial charge in [0.05, 0.1) is 12.5 Å². The first-order valence-corrected chi connectivity index (χ1v) is 12.4. The molecule has 0 radical (unpaired) electrons. The summed E-state index contributed by atoms with van der Waals surface area (Å²) in [6, 6.07) is 14.1. The number of carboxylic acids is 1. The summed E-state index contributed by atoms with van der Waals surface area (Å²) in [5.74, 6) is -0.454. The maximum Gasteiger partial charge on any atom is 0.306 e. The van der Waals surface area contributed by atoms with Gasteiger partial charge in [-0.15, -0.1) is 0 Å². The minimum Gasteiger partial charge on any atom is -0.481 e. The summed E-state index contributed by atoms with van der Waals surface area (Å²) in [6.07, 6.45) is 5.88. The fourth-order valence-corrected chi connectivity index (χ4v) is 6.25. The molecular weight excluding hydrogens is 436 g/mol. The van der Waals surface area contributed by atoms with Crippen LogP contribution in [0.4, 0.5) is 5.69 Å². The molecule has 0 aliphatic heterocycles. The molecule has 2 fully saturated rings. The van der Waals surface area contributed by atoms with Gasteiger partial charge in [-0.2, -0.15) is 0 Å². The molecule has 3 aromatic rings. The SMILES string of the molecule is [C-]#[N+]c1ccc(C(=O)CC2CC3(C2)CC(C(=O)O)C3)c2c1ccn2Cc1ccc(C(C)(C)C)cc1. The van der Waals surface area contributed by atoms with E-state index < -0.39 is 5.97 Å².